The maximum absolute atomic E-state index is 11.1. The number of hydrogen-bond donors (Lipinski definition) is 0. The molecule has 1 aliphatic heterocycles. The van der Waals surface area contributed by atoms with Crippen LogP contribution in [0, 0.1) is 17.2 Å². The van der Waals surface area contributed by atoms with Crippen LogP contribution >= 0.6 is 11.6 Å². The van der Waals surface area contributed by atoms with Gasteiger partial charge in [-0.25, -0.2) is 4.99 Å². The Morgan fingerprint density at radius 1 is 1.58 bits per heavy atom. The molecule has 0 aromatic heterocycles. The van der Waals surface area contributed by atoms with Gasteiger partial charge in [0.15, 0.2) is 0 Å². The monoisotopic (exact) mass is 182 g/mol. The van der Waals surface area contributed by atoms with E-state index in [-0.39, 0.29) is 0 Å². The zero-order valence-corrected chi connectivity index (χ0v) is 7.51. The van der Waals surface area contributed by atoms with Crippen LogP contribution in [0.3, 0.4) is 0 Å². The Bertz CT molecular complexity index is 335. The summed E-state index contributed by atoms with van der Waals surface area (Å²) in [5.74, 6) is -1.21. The van der Waals surface area contributed by atoms with Crippen LogP contribution in [0.1, 0.15) is 13.8 Å². The molecule has 0 aromatic carbocycles. The van der Waals surface area contributed by atoms with Crippen LogP contribution in [-0.2, 0) is 4.79 Å². The molecule has 3 nitrogen and oxygen atoms in total. The van der Waals surface area contributed by atoms with Gasteiger partial charge >= 0.3 is 0 Å². The number of dihydropyridines is 1. The lowest BCUT2D eigenvalue weighted by atomic mass is 9.97. The maximum atomic E-state index is 11.1. The number of hydrogen-bond acceptors (Lipinski definition) is 2. The molecule has 0 aromatic rings. The maximum Gasteiger partial charge on any atom is 0.267 e. The summed E-state index contributed by atoms with van der Waals surface area (Å²) in [6.07, 6.45) is 0. The van der Waals surface area contributed by atoms with E-state index in [9.17, 15) is 4.79 Å². The highest BCUT2D eigenvalue weighted by atomic mass is 35.5. The van der Waals surface area contributed by atoms with Crippen LogP contribution in [0.2, 0.25) is 0 Å². The predicted octanol–water partition coefficient (Wildman–Crippen LogP) is 1.64. The average Bonchev–Trinajstić information content (AvgIpc) is 2.01. The van der Waals surface area contributed by atoms with Crippen LogP contribution < -0.4 is 0 Å². The Labute approximate surface area is 75.4 Å². The van der Waals surface area contributed by atoms with Gasteiger partial charge in [0, 0.05) is 0 Å². The third kappa shape index (κ3) is 1.26. The van der Waals surface area contributed by atoms with Crippen LogP contribution in [0.25, 0.3) is 0 Å². The van der Waals surface area contributed by atoms with Crippen molar-refractivity contribution in [2.75, 3.05) is 0 Å². The van der Waals surface area contributed by atoms with E-state index < -0.39 is 11.8 Å². The largest absolute Gasteiger partial charge is 0.271 e. The molecule has 1 amide bonds. The Kier molecular flexibility index (Phi) is 2.30. The number of nitrogens with zero attached hydrogens (tertiary/aromatic N) is 2. The first-order chi connectivity index (χ1) is 5.57. The Morgan fingerprint density at radius 2 is 2.17 bits per heavy atom. The first-order valence-electron chi connectivity index (χ1n) is 3.43. The van der Waals surface area contributed by atoms with Crippen LogP contribution in [0.5, 0.6) is 0 Å². The molecular weight excluding hydrogens is 176 g/mol. The molecule has 0 radical (unpaired) electrons. The third-order valence-electron chi connectivity index (χ3n) is 1.75. The first-order valence-corrected chi connectivity index (χ1v) is 3.81. The van der Waals surface area contributed by atoms with Gasteiger partial charge in [0.05, 0.1) is 16.8 Å². The Morgan fingerprint density at radius 3 is 2.67 bits per heavy atom. The van der Waals surface area contributed by atoms with Crippen molar-refractivity contribution in [2.45, 2.75) is 13.8 Å². The lowest BCUT2D eigenvalue weighted by Crippen LogP contribution is -2.20. The number of nitriles is 1. The van der Waals surface area contributed by atoms with Crippen LogP contribution in [-0.4, -0.2) is 11.6 Å². The van der Waals surface area contributed by atoms with E-state index in [1.165, 1.54) is 0 Å². The number of carbonyl (C=O) groups excluding carboxylic acids is 1. The molecule has 1 atom stereocenters. The molecule has 12 heavy (non-hydrogen) atoms. The van der Waals surface area contributed by atoms with Crippen molar-refractivity contribution in [3.63, 3.8) is 0 Å². The van der Waals surface area contributed by atoms with E-state index in [0.717, 1.165) is 0 Å². The molecule has 0 saturated heterocycles. The summed E-state index contributed by atoms with van der Waals surface area (Å²) in [4.78, 5) is 14.7. The van der Waals surface area contributed by atoms with Gasteiger partial charge in [0.2, 0.25) is 0 Å². The molecular formula is C8H7ClN2O. The molecule has 0 spiro atoms. The van der Waals surface area contributed by atoms with E-state index in [1.54, 1.807) is 13.8 Å². The molecule has 1 rings (SSSR count). The van der Waals surface area contributed by atoms with Crippen molar-refractivity contribution in [3.05, 3.63) is 10.6 Å². The van der Waals surface area contributed by atoms with Crippen LogP contribution in [0.15, 0.2) is 15.6 Å². The second-order valence-electron chi connectivity index (χ2n) is 2.59. The first kappa shape index (κ1) is 8.95. The summed E-state index contributed by atoms with van der Waals surface area (Å²) in [5.41, 5.74) is 1.09. The van der Waals surface area contributed by atoms with Gasteiger partial charge in [-0.2, -0.15) is 5.26 Å². The molecule has 62 valence electrons. The quantitative estimate of drug-likeness (QED) is 0.572. The van der Waals surface area contributed by atoms with Gasteiger partial charge in [-0.15, -0.1) is 0 Å². The standard InChI is InChI=1S/C8H7ClN2O/c1-4-6(3-10)8(12)11-5(2)7(4)9/h6H,1-2H3. The predicted molar refractivity (Wildman–Crippen MR) is 45.8 cm³/mol. The topological polar surface area (TPSA) is 53.2 Å². The Balaban J connectivity index is 3.19. The molecule has 0 saturated carbocycles. The summed E-state index contributed by atoms with van der Waals surface area (Å²) >= 11 is 5.80. The normalized spacial score (nSPS) is 23.7. The highest BCUT2D eigenvalue weighted by Gasteiger charge is 2.26. The fraction of sp³-hybridized carbons (Fsp3) is 0.375. The third-order valence-corrected chi connectivity index (χ3v) is 2.32. The number of rotatable bonds is 0. The molecule has 1 unspecified atom stereocenters. The van der Waals surface area contributed by atoms with Crippen molar-refractivity contribution >= 4 is 23.2 Å². The van der Waals surface area contributed by atoms with Gasteiger partial charge < -0.3 is 0 Å². The fourth-order valence-corrected chi connectivity index (χ4v) is 1.18. The summed E-state index contributed by atoms with van der Waals surface area (Å²) in [6, 6.07) is 1.86. The highest BCUT2D eigenvalue weighted by Crippen LogP contribution is 2.24. The lowest BCUT2D eigenvalue weighted by molar-refractivity contribution is -0.119. The minimum Gasteiger partial charge on any atom is -0.271 e. The van der Waals surface area contributed by atoms with Gasteiger partial charge in [-0.3, -0.25) is 4.79 Å². The summed E-state index contributed by atoms with van der Waals surface area (Å²) in [6.45, 7) is 3.32. The van der Waals surface area contributed by atoms with Crippen molar-refractivity contribution in [3.8, 4) is 6.07 Å². The summed E-state index contributed by atoms with van der Waals surface area (Å²) < 4.78 is 0. The number of halogens is 1. The van der Waals surface area contributed by atoms with Gasteiger partial charge in [-0.05, 0) is 19.4 Å². The zero-order chi connectivity index (χ0) is 9.30. The second-order valence-corrected chi connectivity index (χ2v) is 2.97. The minimum absolute atomic E-state index is 0.420. The summed E-state index contributed by atoms with van der Waals surface area (Å²) in [7, 11) is 0. The van der Waals surface area contributed by atoms with Gasteiger partial charge in [0.25, 0.3) is 5.91 Å². The molecule has 0 aliphatic carbocycles. The molecule has 1 heterocycles. The number of amides is 1. The average molecular weight is 183 g/mol. The number of allylic oxidation sites excluding steroid dienone is 1. The number of carbonyl (C=O) groups is 1. The lowest BCUT2D eigenvalue weighted by Gasteiger charge is -2.13. The molecule has 1 aliphatic rings. The van der Waals surface area contributed by atoms with E-state index in [2.05, 4.69) is 4.99 Å². The highest BCUT2D eigenvalue weighted by molar-refractivity contribution is 6.45. The van der Waals surface area contributed by atoms with Crippen molar-refractivity contribution < 1.29 is 4.79 Å². The minimum atomic E-state index is -0.791. The molecule has 0 N–H and O–H groups in total. The van der Waals surface area contributed by atoms with Crippen molar-refractivity contribution in [2.24, 2.45) is 10.9 Å². The molecule has 4 heteroatoms. The fourth-order valence-electron chi connectivity index (χ4n) is 1.03. The molecule has 0 bridgehead atoms. The van der Waals surface area contributed by atoms with Crippen molar-refractivity contribution in [1.29, 1.82) is 5.26 Å². The summed E-state index contributed by atoms with van der Waals surface area (Å²) in [5, 5.41) is 9.03. The van der Waals surface area contributed by atoms with E-state index in [4.69, 9.17) is 16.9 Å². The van der Waals surface area contributed by atoms with E-state index in [0.29, 0.717) is 16.3 Å². The molecule has 0 fully saturated rings. The van der Waals surface area contributed by atoms with E-state index in [1.807, 2.05) is 6.07 Å². The SMILES string of the molecule is CC1=NC(=O)C(C#N)C(C)=C1Cl. The Hall–Kier alpha value is -1.14. The zero-order valence-electron chi connectivity index (χ0n) is 6.76. The van der Waals surface area contributed by atoms with Crippen LogP contribution in [0.4, 0.5) is 0 Å². The van der Waals surface area contributed by atoms with Gasteiger partial charge in [-0.1, -0.05) is 11.6 Å². The number of aliphatic imine (C=N–C) groups is 1. The van der Waals surface area contributed by atoms with E-state index >= 15 is 0 Å². The van der Waals surface area contributed by atoms with Gasteiger partial charge in [0.1, 0.15) is 5.92 Å². The second kappa shape index (κ2) is 3.08. The van der Waals surface area contributed by atoms with Crippen molar-refractivity contribution in [1.82, 2.24) is 0 Å². The smallest absolute Gasteiger partial charge is 0.267 e.